The van der Waals surface area contributed by atoms with E-state index in [2.05, 4.69) is 25.4 Å². The van der Waals surface area contributed by atoms with Gasteiger partial charge in [-0.3, -0.25) is 4.79 Å². The highest BCUT2D eigenvalue weighted by molar-refractivity contribution is 9.10. The van der Waals surface area contributed by atoms with Crippen molar-refractivity contribution in [2.75, 3.05) is 20.7 Å². The Kier molecular flexibility index (Phi) is 8.18. The molecule has 1 N–H and O–H groups in total. The lowest BCUT2D eigenvalue weighted by Crippen LogP contribution is -2.41. The molecule has 0 bridgehead atoms. The number of ether oxygens (including phenoxy) is 1. The molecule has 6 nitrogen and oxygen atoms in total. The van der Waals surface area contributed by atoms with Crippen LogP contribution in [0.5, 0.6) is 0 Å². The van der Waals surface area contributed by atoms with Gasteiger partial charge in [-0.25, -0.2) is 0 Å². The SMILES string of the molecule is CCCCN(C)S(=O)(=O)NC(CC(=O)OC)c1ccc(Br)cc1. The third-order valence-corrected chi connectivity index (χ3v) is 5.51. The van der Waals surface area contributed by atoms with Gasteiger partial charge in [0.25, 0.3) is 10.2 Å². The van der Waals surface area contributed by atoms with Crippen LogP contribution in [0.15, 0.2) is 28.7 Å². The molecule has 1 aromatic carbocycles. The van der Waals surface area contributed by atoms with E-state index >= 15 is 0 Å². The molecule has 1 unspecified atom stereocenters. The lowest BCUT2D eigenvalue weighted by molar-refractivity contribution is -0.141. The monoisotopic (exact) mass is 406 g/mol. The number of rotatable bonds is 9. The standard InChI is InChI=1S/C15H23BrN2O4S/c1-4-5-10-18(2)23(20,21)17-14(11-15(19)22-3)12-6-8-13(16)9-7-12/h6-9,14,17H,4-5,10-11H2,1-3H3. The number of halogens is 1. The molecule has 130 valence electrons. The van der Waals surface area contributed by atoms with Crippen LogP contribution in [0.25, 0.3) is 0 Å². The highest BCUT2D eigenvalue weighted by atomic mass is 79.9. The summed E-state index contributed by atoms with van der Waals surface area (Å²) in [6.07, 6.45) is 1.61. The second-order valence-corrected chi connectivity index (χ2v) is 7.91. The largest absolute Gasteiger partial charge is 0.469 e. The molecule has 1 atom stereocenters. The van der Waals surface area contributed by atoms with E-state index in [0.29, 0.717) is 12.1 Å². The van der Waals surface area contributed by atoms with Crippen molar-refractivity contribution in [3.05, 3.63) is 34.3 Å². The predicted octanol–water partition coefficient (Wildman–Crippen LogP) is 2.62. The van der Waals surface area contributed by atoms with Crippen LogP contribution >= 0.6 is 15.9 Å². The van der Waals surface area contributed by atoms with Crippen molar-refractivity contribution in [3.63, 3.8) is 0 Å². The van der Waals surface area contributed by atoms with Gasteiger partial charge in [-0.05, 0) is 24.1 Å². The maximum absolute atomic E-state index is 12.4. The Bertz CT molecular complexity index is 604. The summed E-state index contributed by atoms with van der Waals surface area (Å²) in [5.74, 6) is -0.475. The summed E-state index contributed by atoms with van der Waals surface area (Å²) in [6.45, 7) is 2.42. The van der Waals surface area contributed by atoms with Crippen molar-refractivity contribution >= 4 is 32.1 Å². The molecular formula is C15H23BrN2O4S. The molecule has 0 amide bonds. The first-order valence-electron chi connectivity index (χ1n) is 7.36. The van der Waals surface area contributed by atoms with E-state index in [1.54, 1.807) is 24.3 Å². The number of unbranched alkanes of at least 4 members (excludes halogenated alkanes) is 1. The zero-order valence-electron chi connectivity index (χ0n) is 13.6. The highest BCUT2D eigenvalue weighted by Crippen LogP contribution is 2.21. The Balaban J connectivity index is 2.96. The molecule has 1 rings (SSSR count). The van der Waals surface area contributed by atoms with Crippen LogP contribution in [-0.2, 0) is 19.7 Å². The van der Waals surface area contributed by atoms with Crippen LogP contribution in [0.3, 0.4) is 0 Å². The molecule has 0 heterocycles. The van der Waals surface area contributed by atoms with Gasteiger partial charge in [0, 0.05) is 18.1 Å². The fourth-order valence-corrected chi connectivity index (χ4v) is 3.34. The third kappa shape index (κ3) is 6.58. The molecule has 0 aliphatic rings. The zero-order valence-corrected chi connectivity index (χ0v) is 16.0. The quantitative estimate of drug-likeness (QED) is 0.639. The first-order chi connectivity index (χ1) is 10.8. The Morgan fingerprint density at radius 1 is 1.35 bits per heavy atom. The minimum atomic E-state index is -3.68. The van der Waals surface area contributed by atoms with E-state index in [1.165, 1.54) is 18.5 Å². The Morgan fingerprint density at radius 2 is 1.96 bits per heavy atom. The molecule has 0 radical (unpaired) electrons. The van der Waals surface area contributed by atoms with E-state index < -0.39 is 22.2 Å². The number of hydrogen-bond acceptors (Lipinski definition) is 4. The average Bonchev–Trinajstić information content (AvgIpc) is 2.52. The summed E-state index contributed by atoms with van der Waals surface area (Å²) >= 11 is 3.33. The normalized spacial score (nSPS) is 13.1. The minimum absolute atomic E-state index is 0.0705. The topological polar surface area (TPSA) is 75.7 Å². The van der Waals surface area contributed by atoms with Gasteiger partial charge < -0.3 is 4.74 Å². The van der Waals surface area contributed by atoms with Crippen molar-refractivity contribution in [3.8, 4) is 0 Å². The molecule has 0 saturated carbocycles. The molecule has 0 aliphatic carbocycles. The maximum atomic E-state index is 12.4. The van der Waals surface area contributed by atoms with Crippen molar-refractivity contribution in [2.45, 2.75) is 32.2 Å². The minimum Gasteiger partial charge on any atom is -0.469 e. The lowest BCUT2D eigenvalue weighted by atomic mass is 10.1. The van der Waals surface area contributed by atoms with Gasteiger partial charge in [0.15, 0.2) is 0 Å². The van der Waals surface area contributed by atoms with Crippen LogP contribution in [0.2, 0.25) is 0 Å². The molecule has 0 saturated heterocycles. The van der Waals surface area contributed by atoms with Crippen molar-refractivity contribution in [1.82, 2.24) is 9.03 Å². The Labute approximate surface area is 146 Å². The predicted molar refractivity (Wildman–Crippen MR) is 93.1 cm³/mol. The van der Waals surface area contributed by atoms with Gasteiger partial charge in [-0.15, -0.1) is 0 Å². The van der Waals surface area contributed by atoms with Gasteiger partial charge >= 0.3 is 5.97 Å². The van der Waals surface area contributed by atoms with Crippen LogP contribution in [0.1, 0.15) is 37.8 Å². The zero-order chi connectivity index (χ0) is 17.5. The molecule has 0 aliphatic heterocycles. The highest BCUT2D eigenvalue weighted by Gasteiger charge is 2.25. The van der Waals surface area contributed by atoms with Gasteiger partial charge in [-0.1, -0.05) is 41.4 Å². The summed E-state index contributed by atoms with van der Waals surface area (Å²) in [5.41, 5.74) is 0.700. The lowest BCUT2D eigenvalue weighted by Gasteiger charge is -2.23. The van der Waals surface area contributed by atoms with Crippen LogP contribution in [-0.4, -0.2) is 39.4 Å². The average molecular weight is 407 g/mol. The van der Waals surface area contributed by atoms with Gasteiger partial charge in [0.2, 0.25) is 0 Å². The molecule has 8 heteroatoms. The number of methoxy groups -OCH3 is 1. The number of benzene rings is 1. The molecule has 0 aromatic heterocycles. The molecular weight excluding hydrogens is 384 g/mol. The third-order valence-electron chi connectivity index (χ3n) is 3.40. The second-order valence-electron chi connectivity index (χ2n) is 5.18. The number of nitrogens with one attached hydrogen (secondary N) is 1. The van der Waals surface area contributed by atoms with E-state index in [-0.39, 0.29) is 6.42 Å². The number of esters is 1. The smallest absolute Gasteiger partial charge is 0.307 e. The summed E-state index contributed by atoms with van der Waals surface area (Å²) in [7, 11) is -0.877. The van der Waals surface area contributed by atoms with Gasteiger partial charge in [0.05, 0.1) is 19.6 Å². The maximum Gasteiger partial charge on any atom is 0.307 e. The van der Waals surface area contributed by atoms with Gasteiger partial charge in [-0.2, -0.15) is 17.4 Å². The number of hydrogen-bond donors (Lipinski definition) is 1. The first-order valence-corrected chi connectivity index (χ1v) is 9.59. The Hall–Kier alpha value is -0.960. The van der Waals surface area contributed by atoms with Crippen molar-refractivity contribution < 1.29 is 17.9 Å². The summed E-state index contributed by atoms with van der Waals surface area (Å²) in [6, 6.07) is 6.46. The van der Waals surface area contributed by atoms with E-state index in [4.69, 9.17) is 0 Å². The van der Waals surface area contributed by atoms with E-state index in [0.717, 1.165) is 17.3 Å². The fraction of sp³-hybridized carbons (Fsp3) is 0.533. The van der Waals surface area contributed by atoms with Gasteiger partial charge in [0.1, 0.15) is 0 Å². The number of nitrogens with zero attached hydrogens (tertiary/aromatic N) is 1. The molecule has 1 aromatic rings. The van der Waals surface area contributed by atoms with Crippen LogP contribution < -0.4 is 4.72 Å². The number of carbonyl (C=O) groups is 1. The van der Waals surface area contributed by atoms with E-state index in [9.17, 15) is 13.2 Å². The summed E-state index contributed by atoms with van der Waals surface area (Å²) in [5, 5.41) is 0. The number of carbonyl (C=O) groups excluding carboxylic acids is 1. The second kappa shape index (κ2) is 9.36. The van der Waals surface area contributed by atoms with Crippen molar-refractivity contribution in [1.29, 1.82) is 0 Å². The van der Waals surface area contributed by atoms with Crippen LogP contribution in [0.4, 0.5) is 0 Å². The summed E-state index contributed by atoms with van der Waals surface area (Å²) in [4.78, 5) is 11.6. The molecule has 0 spiro atoms. The Morgan fingerprint density at radius 3 is 2.48 bits per heavy atom. The fourth-order valence-electron chi connectivity index (χ4n) is 1.94. The molecule has 0 fully saturated rings. The van der Waals surface area contributed by atoms with Crippen LogP contribution in [0, 0.1) is 0 Å². The van der Waals surface area contributed by atoms with Crippen molar-refractivity contribution in [2.24, 2.45) is 0 Å². The van der Waals surface area contributed by atoms with E-state index in [1.807, 2.05) is 6.92 Å². The summed E-state index contributed by atoms with van der Waals surface area (Å²) < 4.78 is 34.2. The first kappa shape index (κ1) is 20.1. The molecule has 23 heavy (non-hydrogen) atoms.